The topological polar surface area (TPSA) is 138 Å². The van der Waals surface area contributed by atoms with Gasteiger partial charge in [0.25, 0.3) is 0 Å². The Morgan fingerprint density at radius 3 is 0.388 bits per heavy atom. The van der Waals surface area contributed by atoms with E-state index in [1.807, 2.05) is 0 Å². The zero-order valence-electron chi connectivity index (χ0n) is 30.6. The van der Waals surface area contributed by atoms with Gasteiger partial charge in [-0.3, -0.25) is 0 Å². The lowest BCUT2D eigenvalue weighted by Crippen LogP contribution is -2.29. The number of rotatable bonds is 18. The Kier molecular flexibility index (Phi) is 13.3. The van der Waals surface area contributed by atoms with Gasteiger partial charge in [-0.15, -0.1) is 0 Å². The van der Waals surface area contributed by atoms with Crippen molar-refractivity contribution in [2.24, 2.45) is 0 Å². The molecule has 3 aromatic rings. The number of methoxy groups -OCH3 is 15. The predicted octanol–water partition coefficient (Wildman–Crippen LogP) is 3.57. The molecule has 0 atom stereocenters. The van der Waals surface area contributed by atoms with Gasteiger partial charge in [-0.1, -0.05) is 0 Å². The van der Waals surface area contributed by atoms with Gasteiger partial charge in [0.1, 0.15) is 0 Å². The molecule has 0 saturated heterocycles. The molecule has 0 saturated carbocycles. The first-order chi connectivity index (χ1) is 23.7. The molecule has 16 heteroatoms. The Morgan fingerprint density at radius 2 is 0.286 bits per heavy atom. The standard InChI is InChI=1S/C33H45O15P/c1-34-16-19(37-4)25(43-10)31(26(44-11)20(16)38-5)49(32-27(45-12)21(39-6)17(35-2)22(40-7)28(32)46-13)33-29(47-14)23(41-8)18(36-3)24(42-9)30(33)48-15/h1-15H3. The number of ether oxygens (including phenoxy) is 15. The highest BCUT2D eigenvalue weighted by Gasteiger charge is 2.45. The monoisotopic (exact) mass is 712 g/mol. The molecule has 0 fully saturated rings. The number of hydrogen-bond donors (Lipinski definition) is 0. The van der Waals surface area contributed by atoms with Gasteiger partial charge in [-0.05, 0) is 0 Å². The third-order valence-electron chi connectivity index (χ3n) is 7.50. The van der Waals surface area contributed by atoms with Gasteiger partial charge in [0.05, 0.1) is 123 Å². The van der Waals surface area contributed by atoms with Gasteiger partial charge >= 0.3 is 0 Å². The molecule has 0 unspecified atom stereocenters. The van der Waals surface area contributed by atoms with Crippen molar-refractivity contribution in [3.05, 3.63) is 0 Å². The van der Waals surface area contributed by atoms with Crippen molar-refractivity contribution in [2.45, 2.75) is 0 Å². The zero-order chi connectivity index (χ0) is 36.6. The molecule has 272 valence electrons. The third kappa shape index (κ3) is 6.11. The highest BCUT2D eigenvalue weighted by molar-refractivity contribution is 7.81. The van der Waals surface area contributed by atoms with Crippen LogP contribution in [0, 0.1) is 0 Å². The summed E-state index contributed by atoms with van der Waals surface area (Å²) in [7, 11) is 19.9. The minimum absolute atomic E-state index is 0.195. The van der Waals surface area contributed by atoms with E-state index in [9.17, 15) is 0 Å². The summed E-state index contributed by atoms with van der Waals surface area (Å²) in [6.45, 7) is 0. The van der Waals surface area contributed by atoms with Gasteiger partial charge in [0, 0.05) is 7.92 Å². The summed E-state index contributed by atoms with van der Waals surface area (Å²) in [4.78, 5) is 0. The highest BCUT2D eigenvalue weighted by atomic mass is 31.1. The van der Waals surface area contributed by atoms with E-state index in [0.717, 1.165) is 0 Å². The quantitative estimate of drug-likeness (QED) is 0.178. The molecule has 0 heterocycles. The Hall–Kier alpha value is -4.91. The summed E-state index contributed by atoms with van der Waals surface area (Å²) in [5, 5.41) is 1.14. The number of hydrogen-bond acceptors (Lipinski definition) is 15. The fourth-order valence-electron chi connectivity index (χ4n) is 5.63. The van der Waals surface area contributed by atoms with E-state index in [2.05, 4.69) is 0 Å². The molecule has 0 aliphatic rings. The molecule has 0 aliphatic carbocycles. The van der Waals surface area contributed by atoms with Gasteiger partial charge < -0.3 is 71.1 Å². The van der Waals surface area contributed by atoms with E-state index in [1.54, 1.807) is 0 Å². The van der Waals surface area contributed by atoms with E-state index in [1.165, 1.54) is 107 Å². The van der Waals surface area contributed by atoms with Crippen molar-refractivity contribution < 1.29 is 71.1 Å². The Labute approximate surface area is 287 Å². The van der Waals surface area contributed by atoms with Crippen LogP contribution in [-0.4, -0.2) is 107 Å². The highest BCUT2D eigenvalue weighted by Crippen LogP contribution is 2.63. The summed E-state index contributed by atoms with van der Waals surface area (Å²) in [6.07, 6.45) is 0. The Bertz CT molecular complexity index is 1340. The van der Waals surface area contributed by atoms with Crippen LogP contribution < -0.4 is 87.0 Å². The van der Waals surface area contributed by atoms with Crippen LogP contribution in [0.1, 0.15) is 0 Å². The normalized spacial score (nSPS) is 10.5. The first-order valence-corrected chi connectivity index (χ1v) is 15.7. The zero-order valence-corrected chi connectivity index (χ0v) is 31.5. The van der Waals surface area contributed by atoms with Crippen LogP contribution in [0.25, 0.3) is 0 Å². The smallest absolute Gasteiger partial charge is 0.211 e. The molecule has 0 aromatic heterocycles. The van der Waals surface area contributed by atoms with Crippen molar-refractivity contribution in [3.63, 3.8) is 0 Å². The summed E-state index contributed by atoms with van der Waals surface area (Å²) >= 11 is 0. The lowest BCUT2D eigenvalue weighted by molar-refractivity contribution is 0.292. The van der Waals surface area contributed by atoms with E-state index in [-0.39, 0.29) is 86.2 Å². The molecule has 0 spiro atoms. The molecule has 3 aromatic carbocycles. The van der Waals surface area contributed by atoms with Crippen molar-refractivity contribution in [2.75, 3.05) is 107 Å². The maximum atomic E-state index is 6.12. The molecule has 0 amide bonds. The van der Waals surface area contributed by atoms with E-state index >= 15 is 0 Å². The first kappa shape index (κ1) is 38.5. The van der Waals surface area contributed by atoms with Gasteiger partial charge in [-0.25, -0.2) is 0 Å². The molecular formula is C33H45O15P. The van der Waals surface area contributed by atoms with Crippen LogP contribution in [0.4, 0.5) is 0 Å². The van der Waals surface area contributed by atoms with Crippen LogP contribution in [0.15, 0.2) is 0 Å². The van der Waals surface area contributed by atoms with Crippen LogP contribution in [0.3, 0.4) is 0 Å². The fourth-order valence-corrected chi connectivity index (χ4v) is 8.68. The second-order valence-electron chi connectivity index (χ2n) is 9.38. The van der Waals surface area contributed by atoms with Crippen molar-refractivity contribution in [1.82, 2.24) is 0 Å². The SMILES string of the molecule is COc1c(OC)c(OC)c(P(c2c(OC)c(OC)c(OC)c(OC)c2OC)c2c(OC)c(OC)c(OC)c(OC)c2OC)c(OC)c1OC. The summed E-state index contributed by atoms with van der Waals surface area (Å²) in [5.74, 6) is 3.05. The average Bonchev–Trinajstić information content (AvgIpc) is 3.14. The van der Waals surface area contributed by atoms with Crippen LogP contribution in [0.2, 0.25) is 0 Å². The molecule has 3 rings (SSSR count). The third-order valence-corrected chi connectivity index (χ3v) is 10.1. The summed E-state index contributed by atoms with van der Waals surface area (Å²) in [6, 6.07) is 0. The molecule has 0 radical (unpaired) electrons. The van der Waals surface area contributed by atoms with Gasteiger partial charge in [0.2, 0.25) is 51.7 Å². The molecule has 0 aliphatic heterocycles. The summed E-state index contributed by atoms with van der Waals surface area (Å²) in [5.41, 5.74) is 0. The second-order valence-corrected chi connectivity index (χ2v) is 11.4. The van der Waals surface area contributed by atoms with Crippen LogP contribution in [0.5, 0.6) is 86.2 Å². The molecule has 49 heavy (non-hydrogen) atoms. The van der Waals surface area contributed by atoms with E-state index in [0.29, 0.717) is 15.9 Å². The van der Waals surface area contributed by atoms with Gasteiger partial charge in [-0.2, -0.15) is 0 Å². The Morgan fingerprint density at radius 1 is 0.184 bits per heavy atom. The van der Waals surface area contributed by atoms with Crippen molar-refractivity contribution in [1.29, 1.82) is 0 Å². The predicted molar refractivity (Wildman–Crippen MR) is 183 cm³/mol. The lowest BCUT2D eigenvalue weighted by Gasteiger charge is -2.32. The maximum absolute atomic E-state index is 6.12. The molecular weight excluding hydrogens is 667 g/mol. The maximum Gasteiger partial charge on any atom is 0.211 e. The molecule has 0 N–H and O–H groups in total. The Balaban J connectivity index is 3.01. The largest absolute Gasteiger partial charge is 0.492 e. The average molecular weight is 713 g/mol. The van der Waals surface area contributed by atoms with Crippen LogP contribution in [-0.2, 0) is 0 Å². The fraction of sp³-hybridized carbons (Fsp3) is 0.455. The van der Waals surface area contributed by atoms with Crippen LogP contribution >= 0.6 is 7.92 Å². The van der Waals surface area contributed by atoms with Crippen molar-refractivity contribution in [3.8, 4) is 86.2 Å². The molecule has 0 bridgehead atoms. The minimum atomic E-state index is -2.19. The minimum Gasteiger partial charge on any atom is -0.492 e. The molecule has 15 nitrogen and oxygen atoms in total. The second kappa shape index (κ2) is 17.0. The lowest BCUT2D eigenvalue weighted by atomic mass is 10.2. The van der Waals surface area contributed by atoms with Crippen molar-refractivity contribution >= 4 is 23.8 Å². The van der Waals surface area contributed by atoms with Gasteiger partial charge in [0.15, 0.2) is 34.5 Å². The van der Waals surface area contributed by atoms with E-state index in [4.69, 9.17) is 71.1 Å². The first-order valence-electron chi connectivity index (χ1n) is 14.4. The van der Waals surface area contributed by atoms with E-state index < -0.39 is 7.92 Å². The summed E-state index contributed by atoms with van der Waals surface area (Å²) < 4.78 is 89.4. The number of benzene rings is 3.